The molecule has 3 rings (SSSR count). The number of rotatable bonds is 9. The van der Waals surface area contributed by atoms with Gasteiger partial charge in [0.25, 0.3) is 11.8 Å². The second kappa shape index (κ2) is 11.2. The number of para-hydroxylation sites is 2. The summed E-state index contributed by atoms with van der Waals surface area (Å²) in [5, 5.41) is 7.54. The van der Waals surface area contributed by atoms with E-state index >= 15 is 0 Å². The van der Waals surface area contributed by atoms with E-state index < -0.39 is 5.91 Å². The fourth-order valence-electron chi connectivity index (χ4n) is 2.87. The van der Waals surface area contributed by atoms with Crippen molar-refractivity contribution in [3.05, 3.63) is 87.7 Å². The fourth-order valence-corrected chi connectivity index (χ4v) is 3.53. The van der Waals surface area contributed by atoms with Crippen molar-refractivity contribution in [3.8, 4) is 11.5 Å². The summed E-state index contributed by atoms with van der Waals surface area (Å²) < 4.78 is 11.1. The molecule has 0 aliphatic heterocycles. The van der Waals surface area contributed by atoms with E-state index in [1.54, 1.807) is 37.5 Å². The zero-order chi connectivity index (χ0) is 22.9. The van der Waals surface area contributed by atoms with E-state index in [9.17, 15) is 9.59 Å². The number of hydrogen-bond donors (Lipinski definition) is 2. The summed E-state index contributed by atoms with van der Waals surface area (Å²) in [5.41, 5.74) is 1.70. The van der Waals surface area contributed by atoms with Gasteiger partial charge in [0, 0.05) is 10.4 Å². The lowest BCUT2D eigenvalue weighted by Gasteiger charge is -2.18. The molecule has 32 heavy (non-hydrogen) atoms. The first-order valence-electron chi connectivity index (χ1n) is 10.2. The quantitative estimate of drug-likeness (QED) is 0.473. The van der Waals surface area contributed by atoms with Crippen LogP contribution in [0.5, 0.6) is 11.5 Å². The second-order valence-corrected chi connectivity index (χ2v) is 8.21. The van der Waals surface area contributed by atoms with Crippen LogP contribution in [-0.2, 0) is 4.79 Å². The second-order valence-electron chi connectivity index (χ2n) is 7.23. The summed E-state index contributed by atoms with van der Waals surface area (Å²) in [6.45, 7) is 4.02. The molecule has 2 amide bonds. The molecule has 0 radical (unpaired) electrons. The Labute approximate surface area is 191 Å². The highest BCUT2D eigenvalue weighted by Crippen LogP contribution is 2.25. The van der Waals surface area contributed by atoms with E-state index in [-0.39, 0.29) is 24.3 Å². The number of methoxy groups -OCH3 is 1. The van der Waals surface area contributed by atoms with Gasteiger partial charge in [-0.2, -0.15) is 0 Å². The van der Waals surface area contributed by atoms with Crippen molar-refractivity contribution in [1.82, 2.24) is 10.6 Å². The van der Waals surface area contributed by atoms with E-state index in [0.29, 0.717) is 17.1 Å². The van der Waals surface area contributed by atoms with Gasteiger partial charge in [0.05, 0.1) is 13.2 Å². The van der Waals surface area contributed by atoms with Gasteiger partial charge in [0.1, 0.15) is 12.3 Å². The molecule has 1 aromatic heterocycles. The van der Waals surface area contributed by atoms with Crippen molar-refractivity contribution in [2.45, 2.75) is 19.9 Å². The SMILES string of the molecule is COc1ccccc1OC[C@@H](C)NC(=O)/C(=C/c1cccs1)NC(=O)c1ccc(C)cc1. The van der Waals surface area contributed by atoms with Gasteiger partial charge in [-0.3, -0.25) is 9.59 Å². The van der Waals surface area contributed by atoms with Gasteiger partial charge in [0.2, 0.25) is 0 Å². The number of ether oxygens (including phenoxy) is 2. The van der Waals surface area contributed by atoms with Crippen LogP contribution in [0.2, 0.25) is 0 Å². The minimum atomic E-state index is -0.394. The Bertz CT molecular complexity index is 1080. The first kappa shape index (κ1) is 23.1. The topological polar surface area (TPSA) is 76.7 Å². The third-order valence-corrected chi connectivity index (χ3v) is 5.39. The van der Waals surface area contributed by atoms with Gasteiger partial charge in [-0.15, -0.1) is 11.3 Å². The predicted octanol–water partition coefficient (Wildman–Crippen LogP) is 4.42. The lowest BCUT2D eigenvalue weighted by atomic mass is 10.1. The van der Waals surface area contributed by atoms with Crippen molar-refractivity contribution in [2.75, 3.05) is 13.7 Å². The van der Waals surface area contributed by atoms with Gasteiger partial charge < -0.3 is 20.1 Å². The normalized spacial score (nSPS) is 12.0. The Morgan fingerprint density at radius 2 is 1.75 bits per heavy atom. The van der Waals surface area contributed by atoms with E-state index in [4.69, 9.17) is 9.47 Å². The standard InChI is InChI=1S/C25H26N2O4S/c1-17-10-12-19(13-11-17)24(28)27-21(15-20-7-6-14-32-20)25(29)26-18(2)16-31-23-9-5-4-8-22(23)30-3/h4-15,18H,16H2,1-3H3,(H,26,29)(H,27,28)/b21-15-/t18-/m1/s1. The summed E-state index contributed by atoms with van der Waals surface area (Å²) in [6.07, 6.45) is 1.67. The molecule has 0 aliphatic rings. The molecule has 0 aliphatic carbocycles. The molecule has 6 nitrogen and oxygen atoms in total. The molecule has 0 spiro atoms. The van der Waals surface area contributed by atoms with Crippen LogP contribution in [0.4, 0.5) is 0 Å². The molecule has 1 heterocycles. The minimum Gasteiger partial charge on any atom is -0.493 e. The first-order valence-corrected chi connectivity index (χ1v) is 11.0. The van der Waals surface area contributed by atoms with Crippen molar-refractivity contribution in [3.63, 3.8) is 0 Å². The molecule has 0 fully saturated rings. The molecule has 0 bridgehead atoms. The van der Waals surface area contributed by atoms with Crippen molar-refractivity contribution in [1.29, 1.82) is 0 Å². The largest absolute Gasteiger partial charge is 0.493 e. The van der Waals surface area contributed by atoms with Crippen LogP contribution in [0.1, 0.15) is 27.7 Å². The molecule has 166 valence electrons. The van der Waals surface area contributed by atoms with Crippen LogP contribution >= 0.6 is 11.3 Å². The number of nitrogens with one attached hydrogen (secondary N) is 2. The van der Waals surface area contributed by atoms with E-state index in [2.05, 4.69) is 10.6 Å². The minimum absolute atomic E-state index is 0.169. The summed E-state index contributed by atoms with van der Waals surface area (Å²) in [7, 11) is 1.58. The smallest absolute Gasteiger partial charge is 0.268 e. The summed E-state index contributed by atoms with van der Waals surface area (Å²) >= 11 is 1.48. The third-order valence-electron chi connectivity index (χ3n) is 4.57. The summed E-state index contributed by atoms with van der Waals surface area (Å²) in [5.74, 6) is 0.476. The maximum Gasteiger partial charge on any atom is 0.268 e. The lowest BCUT2D eigenvalue weighted by molar-refractivity contribution is -0.118. The van der Waals surface area contributed by atoms with Gasteiger partial charge >= 0.3 is 0 Å². The van der Waals surface area contributed by atoms with E-state index in [1.165, 1.54) is 11.3 Å². The number of thiophene rings is 1. The number of amides is 2. The van der Waals surface area contributed by atoms with E-state index in [1.807, 2.05) is 55.6 Å². The average molecular weight is 451 g/mol. The van der Waals surface area contributed by atoms with Crippen molar-refractivity contribution < 1.29 is 19.1 Å². The first-order chi connectivity index (χ1) is 15.5. The maximum absolute atomic E-state index is 13.0. The van der Waals surface area contributed by atoms with Gasteiger partial charge in [-0.05, 0) is 55.6 Å². The molecule has 0 unspecified atom stereocenters. The maximum atomic E-state index is 13.0. The highest BCUT2D eigenvalue weighted by atomic mass is 32.1. The number of hydrogen-bond acceptors (Lipinski definition) is 5. The van der Waals surface area contributed by atoms with Crippen LogP contribution in [0, 0.1) is 6.92 Å². The predicted molar refractivity (Wildman–Crippen MR) is 127 cm³/mol. The molecule has 2 N–H and O–H groups in total. The molecular weight excluding hydrogens is 424 g/mol. The van der Waals surface area contributed by atoms with Crippen molar-refractivity contribution in [2.24, 2.45) is 0 Å². The third kappa shape index (κ3) is 6.46. The van der Waals surface area contributed by atoms with Crippen LogP contribution < -0.4 is 20.1 Å². The molecule has 3 aromatic rings. The highest BCUT2D eigenvalue weighted by molar-refractivity contribution is 7.10. The Balaban J connectivity index is 1.68. The number of carbonyl (C=O) groups excluding carboxylic acids is 2. The Hall–Kier alpha value is -3.58. The number of aryl methyl sites for hydroxylation is 1. The molecule has 1 atom stereocenters. The van der Waals surface area contributed by atoms with Gasteiger partial charge in [0.15, 0.2) is 11.5 Å². The fraction of sp³-hybridized carbons (Fsp3) is 0.200. The summed E-state index contributed by atoms with van der Waals surface area (Å²) in [6, 6.07) is 17.9. The van der Waals surface area contributed by atoms with Crippen LogP contribution in [0.25, 0.3) is 6.08 Å². The van der Waals surface area contributed by atoms with Crippen molar-refractivity contribution >= 4 is 29.2 Å². The Morgan fingerprint density at radius 1 is 1.03 bits per heavy atom. The van der Waals surface area contributed by atoms with Gasteiger partial charge in [-0.25, -0.2) is 0 Å². The summed E-state index contributed by atoms with van der Waals surface area (Å²) in [4.78, 5) is 26.5. The highest BCUT2D eigenvalue weighted by Gasteiger charge is 2.17. The number of carbonyl (C=O) groups is 2. The average Bonchev–Trinajstić information content (AvgIpc) is 3.31. The molecule has 0 saturated carbocycles. The molecule has 7 heteroatoms. The number of benzene rings is 2. The lowest BCUT2D eigenvalue weighted by Crippen LogP contribution is -2.41. The van der Waals surface area contributed by atoms with E-state index in [0.717, 1.165) is 10.4 Å². The zero-order valence-electron chi connectivity index (χ0n) is 18.3. The molecule has 2 aromatic carbocycles. The van der Waals surface area contributed by atoms with Gasteiger partial charge in [-0.1, -0.05) is 35.9 Å². The Kier molecular flexibility index (Phi) is 8.05. The van der Waals surface area contributed by atoms with Crippen LogP contribution in [0.15, 0.2) is 71.7 Å². The van der Waals surface area contributed by atoms with Crippen LogP contribution in [-0.4, -0.2) is 31.6 Å². The molecular formula is C25H26N2O4S. The molecule has 0 saturated heterocycles. The zero-order valence-corrected chi connectivity index (χ0v) is 19.1. The van der Waals surface area contributed by atoms with Crippen LogP contribution in [0.3, 0.4) is 0 Å². The monoisotopic (exact) mass is 450 g/mol. The Morgan fingerprint density at radius 3 is 2.41 bits per heavy atom.